The van der Waals surface area contributed by atoms with Crippen LogP contribution >= 0.6 is 12.4 Å². The third kappa shape index (κ3) is 4.82. The van der Waals surface area contributed by atoms with Gasteiger partial charge in [0.1, 0.15) is 0 Å². The zero-order valence-corrected chi connectivity index (χ0v) is 14.5. The molecule has 24 heavy (non-hydrogen) atoms. The number of methoxy groups -OCH3 is 1. The molecule has 1 unspecified atom stereocenters. The molecule has 1 aliphatic rings. The van der Waals surface area contributed by atoms with E-state index < -0.39 is 4.92 Å². The van der Waals surface area contributed by atoms with Gasteiger partial charge in [0.15, 0.2) is 5.75 Å². The van der Waals surface area contributed by atoms with Gasteiger partial charge in [0.05, 0.1) is 12.0 Å². The summed E-state index contributed by atoms with van der Waals surface area (Å²) in [5.74, 6) is 0.196. The fourth-order valence-corrected chi connectivity index (χ4v) is 3.13. The highest BCUT2D eigenvalue weighted by Gasteiger charge is 2.25. The van der Waals surface area contributed by atoms with Crippen molar-refractivity contribution in [2.75, 3.05) is 13.7 Å². The first-order valence-corrected chi connectivity index (χ1v) is 7.90. The average molecular weight is 358 g/mol. The SMILES string of the molecule is COc1cc(C(=O)NC(CN)C2CCCCC2)ccc1[N+](=O)[O-].Cl. The summed E-state index contributed by atoms with van der Waals surface area (Å²) < 4.78 is 5.00. The molecule has 2 rings (SSSR count). The van der Waals surface area contributed by atoms with Crippen molar-refractivity contribution in [3.63, 3.8) is 0 Å². The number of nitrogens with two attached hydrogens (primary N) is 1. The minimum atomic E-state index is -0.536. The average Bonchev–Trinajstić information content (AvgIpc) is 2.59. The second-order valence-corrected chi connectivity index (χ2v) is 5.86. The molecule has 1 aromatic rings. The molecule has 8 heteroatoms. The maximum Gasteiger partial charge on any atom is 0.310 e. The van der Waals surface area contributed by atoms with Crippen molar-refractivity contribution >= 4 is 24.0 Å². The normalized spacial score (nSPS) is 15.9. The summed E-state index contributed by atoms with van der Waals surface area (Å²) >= 11 is 0. The molecule has 0 spiro atoms. The van der Waals surface area contributed by atoms with E-state index in [1.165, 1.54) is 44.6 Å². The van der Waals surface area contributed by atoms with Gasteiger partial charge in [-0.15, -0.1) is 12.4 Å². The standard InChI is InChI=1S/C16H23N3O4.ClH/c1-23-15-9-12(7-8-14(15)19(21)22)16(20)18-13(10-17)11-5-3-2-4-6-11;/h7-9,11,13H,2-6,10,17H2,1H3,(H,18,20);1H. The number of nitrogens with zero attached hydrogens (tertiary/aromatic N) is 1. The number of hydrogen-bond acceptors (Lipinski definition) is 5. The molecule has 134 valence electrons. The Morgan fingerprint density at radius 1 is 1.42 bits per heavy atom. The van der Waals surface area contributed by atoms with Crippen molar-refractivity contribution < 1.29 is 14.5 Å². The Labute approximate surface area is 147 Å². The first kappa shape index (κ1) is 20.2. The van der Waals surface area contributed by atoms with Gasteiger partial charge in [-0.25, -0.2) is 0 Å². The van der Waals surface area contributed by atoms with Crippen molar-refractivity contribution in [3.05, 3.63) is 33.9 Å². The number of benzene rings is 1. The van der Waals surface area contributed by atoms with Gasteiger partial charge >= 0.3 is 5.69 Å². The van der Waals surface area contributed by atoms with Gasteiger partial charge in [0.2, 0.25) is 0 Å². The number of carbonyl (C=O) groups excluding carboxylic acids is 1. The summed E-state index contributed by atoms with van der Waals surface area (Å²) in [6, 6.07) is 4.04. The van der Waals surface area contributed by atoms with E-state index in [9.17, 15) is 14.9 Å². The van der Waals surface area contributed by atoms with E-state index in [2.05, 4.69) is 5.32 Å². The number of nitro benzene ring substituents is 1. The molecule has 0 aromatic heterocycles. The summed E-state index contributed by atoms with van der Waals surface area (Å²) in [5, 5.41) is 13.9. The molecule has 3 N–H and O–H groups in total. The molecule has 0 radical (unpaired) electrons. The van der Waals surface area contributed by atoms with Gasteiger partial charge in [0.25, 0.3) is 5.91 Å². The van der Waals surface area contributed by atoms with E-state index in [-0.39, 0.29) is 35.8 Å². The van der Waals surface area contributed by atoms with E-state index in [0.29, 0.717) is 18.0 Å². The Morgan fingerprint density at radius 3 is 2.62 bits per heavy atom. The highest BCUT2D eigenvalue weighted by Crippen LogP contribution is 2.28. The Hall–Kier alpha value is -1.86. The maximum absolute atomic E-state index is 12.4. The molecule has 0 bridgehead atoms. The van der Waals surface area contributed by atoms with Crippen LogP contribution in [0.1, 0.15) is 42.5 Å². The molecular formula is C16H24ClN3O4. The quantitative estimate of drug-likeness (QED) is 0.601. The van der Waals surface area contributed by atoms with E-state index in [0.717, 1.165) is 12.8 Å². The van der Waals surface area contributed by atoms with Crippen LogP contribution in [0, 0.1) is 16.0 Å². The van der Waals surface area contributed by atoms with Crippen LogP contribution < -0.4 is 15.8 Å². The van der Waals surface area contributed by atoms with Crippen LogP contribution in [-0.2, 0) is 0 Å². The van der Waals surface area contributed by atoms with Crippen LogP contribution in [0.25, 0.3) is 0 Å². The lowest BCUT2D eigenvalue weighted by Crippen LogP contribution is -2.45. The summed E-state index contributed by atoms with van der Waals surface area (Å²) in [6.07, 6.45) is 5.73. The predicted octanol–water partition coefficient (Wildman–Crippen LogP) is 2.66. The first-order chi connectivity index (χ1) is 11.1. The molecule has 1 aliphatic carbocycles. The highest BCUT2D eigenvalue weighted by molar-refractivity contribution is 5.95. The minimum Gasteiger partial charge on any atom is -0.490 e. The summed E-state index contributed by atoms with van der Waals surface area (Å²) in [4.78, 5) is 22.8. The van der Waals surface area contributed by atoms with Crippen LogP contribution in [0.15, 0.2) is 18.2 Å². The molecule has 1 atom stereocenters. The van der Waals surface area contributed by atoms with E-state index in [1.54, 1.807) is 0 Å². The van der Waals surface area contributed by atoms with Gasteiger partial charge in [-0.3, -0.25) is 14.9 Å². The lowest BCUT2D eigenvalue weighted by molar-refractivity contribution is -0.385. The zero-order chi connectivity index (χ0) is 16.8. The molecule has 1 fully saturated rings. The lowest BCUT2D eigenvalue weighted by Gasteiger charge is -2.30. The Balaban J connectivity index is 0.00000288. The number of ether oxygens (including phenoxy) is 1. The van der Waals surface area contributed by atoms with Crippen molar-refractivity contribution in [1.29, 1.82) is 0 Å². The van der Waals surface area contributed by atoms with E-state index in [1.807, 2.05) is 0 Å². The Morgan fingerprint density at radius 2 is 2.08 bits per heavy atom. The number of rotatable bonds is 6. The molecule has 0 heterocycles. The Kier molecular flexibility index (Phi) is 7.94. The smallest absolute Gasteiger partial charge is 0.310 e. The van der Waals surface area contributed by atoms with Crippen LogP contribution in [0.2, 0.25) is 0 Å². The maximum atomic E-state index is 12.4. The number of carbonyl (C=O) groups is 1. The van der Waals surface area contributed by atoms with Crippen LogP contribution in [0.5, 0.6) is 5.75 Å². The number of amides is 1. The summed E-state index contributed by atoms with van der Waals surface area (Å²) in [7, 11) is 1.34. The lowest BCUT2D eigenvalue weighted by atomic mass is 9.84. The van der Waals surface area contributed by atoms with Crippen LogP contribution in [0.3, 0.4) is 0 Å². The molecular weight excluding hydrogens is 334 g/mol. The first-order valence-electron chi connectivity index (χ1n) is 7.90. The predicted molar refractivity (Wildman–Crippen MR) is 93.8 cm³/mol. The van der Waals surface area contributed by atoms with Gasteiger partial charge in [-0.2, -0.15) is 0 Å². The van der Waals surface area contributed by atoms with Crippen molar-refractivity contribution in [2.24, 2.45) is 11.7 Å². The number of nitro groups is 1. The molecule has 0 aliphatic heterocycles. The van der Waals surface area contributed by atoms with Gasteiger partial charge in [-0.1, -0.05) is 19.3 Å². The molecule has 7 nitrogen and oxygen atoms in total. The number of nitrogens with one attached hydrogen (secondary N) is 1. The van der Waals surface area contributed by atoms with E-state index in [4.69, 9.17) is 10.5 Å². The van der Waals surface area contributed by atoms with Gasteiger partial charge in [0, 0.05) is 30.3 Å². The second kappa shape index (κ2) is 9.44. The van der Waals surface area contributed by atoms with Gasteiger partial charge < -0.3 is 15.8 Å². The molecule has 1 aromatic carbocycles. The number of hydrogen-bond donors (Lipinski definition) is 2. The fourth-order valence-electron chi connectivity index (χ4n) is 3.13. The number of halogens is 1. The van der Waals surface area contributed by atoms with Gasteiger partial charge in [-0.05, 0) is 24.8 Å². The zero-order valence-electron chi connectivity index (χ0n) is 13.7. The third-order valence-electron chi connectivity index (χ3n) is 4.43. The highest BCUT2D eigenvalue weighted by atomic mass is 35.5. The second-order valence-electron chi connectivity index (χ2n) is 5.86. The molecule has 0 saturated heterocycles. The fraction of sp³-hybridized carbons (Fsp3) is 0.562. The topological polar surface area (TPSA) is 107 Å². The van der Waals surface area contributed by atoms with Crippen molar-refractivity contribution in [1.82, 2.24) is 5.32 Å². The summed E-state index contributed by atoms with van der Waals surface area (Å²) in [6.45, 7) is 0.389. The molecule has 1 amide bonds. The monoisotopic (exact) mass is 357 g/mol. The third-order valence-corrected chi connectivity index (χ3v) is 4.43. The van der Waals surface area contributed by atoms with Crippen molar-refractivity contribution in [2.45, 2.75) is 38.1 Å². The largest absolute Gasteiger partial charge is 0.490 e. The van der Waals surface area contributed by atoms with Crippen LogP contribution in [-0.4, -0.2) is 30.5 Å². The summed E-state index contributed by atoms with van der Waals surface area (Å²) in [5.41, 5.74) is 6.00. The minimum absolute atomic E-state index is 0. The van der Waals surface area contributed by atoms with Crippen molar-refractivity contribution in [3.8, 4) is 5.75 Å². The van der Waals surface area contributed by atoms with Crippen LogP contribution in [0.4, 0.5) is 5.69 Å². The Bertz CT molecular complexity index is 576. The van der Waals surface area contributed by atoms with E-state index >= 15 is 0 Å². The molecule has 1 saturated carbocycles.